The van der Waals surface area contributed by atoms with Gasteiger partial charge in [-0.15, -0.1) is 0 Å². The van der Waals surface area contributed by atoms with E-state index in [0.717, 1.165) is 51.4 Å². The van der Waals surface area contributed by atoms with E-state index in [4.69, 9.17) is 29.0 Å². The van der Waals surface area contributed by atoms with Crippen LogP contribution in [0.5, 0.6) is 0 Å². The molecule has 11 heteroatoms. The van der Waals surface area contributed by atoms with Gasteiger partial charge in [0.25, 0.3) is 0 Å². The fourth-order valence-corrected chi connectivity index (χ4v) is 7.25. The Labute approximate surface area is 353 Å². The van der Waals surface area contributed by atoms with Crippen LogP contribution >= 0.6 is 7.82 Å². The zero-order chi connectivity index (χ0) is 42.2. The summed E-state index contributed by atoms with van der Waals surface area (Å²) in [5.41, 5.74) is 5.35. The Balaban J connectivity index is 2.19. The van der Waals surface area contributed by atoms with Gasteiger partial charge in [0.2, 0.25) is 0 Å². The molecule has 336 valence electrons. The van der Waals surface area contributed by atoms with Crippen LogP contribution in [0.3, 0.4) is 0 Å². The van der Waals surface area contributed by atoms with Crippen molar-refractivity contribution in [3.05, 3.63) is 48.6 Å². The standard InChI is InChI=1S/C47H84NO9P/c1-3-5-7-9-11-13-14-15-16-17-18-19-20-21-22-24-26-28-33-37-46(49)53-41-43(42-55-58(51,52)54-40-39-48)56-47(50)38-34-30-29-32-36-45-44(57-45)35-31-27-25-23-12-10-8-6-4-2/h12,15-16,23,27,29,31-32,43-45H,3-11,13-14,17-22,24-26,28,30,33-42,48H2,1-2H3,(H,51,52)/b16-15-,23-12-,31-27-,32-29-/t43-,44?,45?/m1/s1. The lowest BCUT2D eigenvalue weighted by molar-refractivity contribution is -0.161. The number of phosphoric acid groups is 1. The molecular weight excluding hydrogens is 753 g/mol. The number of carbonyl (C=O) groups excluding carboxylic acids is 2. The van der Waals surface area contributed by atoms with Gasteiger partial charge in [0.05, 0.1) is 25.4 Å². The van der Waals surface area contributed by atoms with Crippen LogP contribution in [0.1, 0.15) is 194 Å². The van der Waals surface area contributed by atoms with E-state index in [2.05, 4.69) is 56.4 Å². The number of ether oxygens (including phenoxy) is 3. The third-order valence-corrected chi connectivity index (χ3v) is 11.1. The Morgan fingerprint density at radius 2 is 1.07 bits per heavy atom. The molecule has 4 atom stereocenters. The molecule has 0 amide bonds. The second-order valence-corrected chi connectivity index (χ2v) is 17.1. The number of allylic oxidation sites excluding steroid dienone is 6. The van der Waals surface area contributed by atoms with E-state index in [1.807, 2.05) is 6.08 Å². The third kappa shape index (κ3) is 35.8. The van der Waals surface area contributed by atoms with Crippen LogP contribution in [0.25, 0.3) is 0 Å². The van der Waals surface area contributed by atoms with Crippen LogP contribution in [0.4, 0.5) is 0 Å². The molecular formula is C47H84NO9P. The van der Waals surface area contributed by atoms with Gasteiger partial charge in [0, 0.05) is 19.4 Å². The molecule has 0 aliphatic carbocycles. The van der Waals surface area contributed by atoms with Crippen molar-refractivity contribution in [1.29, 1.82) is 0 Å². The monoisotopic (exact) mass is 838 g/mol. The van der Waals surface area contributed by atoms with Gasteiger partial charge in [-0.25, -0.2) is 4.57 Å². The highest BCUT2D eigenvalue weighted by Crippen LogP contribution is 2.43. The highest BCUT2D eigenvalue weighted by molar-refractivity contribution is 7.47. The van der Waals surface area contributed by atoms with Crippen LogP contribution in [0.15, 0.2) is 48.6 Å². The first kappa shape index (κ1) is 53.9. The Morgan fingerprint density at radius 1 is 0.603 bits per heavy atom. The molecule has 1 rings (SSSR count). The van der Waals surface area contributed by atoms with Crippen molar-refractivity contribution >= 4 is 19.8 Å². The molecule has 3 unspecified atom stereocenters. The lowest BCUT2D eigenvalue weighted by Gasteiger charge is -2.19. The Hall–Kier alpha value is -2.07. The lowest BCUT2D eigenvalue weighted by Crippen LogP contribution is -2.29. The van der Waals surface area contributed by atoms with E-state index in [1.54, 1.807) is 0 Å². The van der Waals surface area contributed by atoms with Crippen LogP contribution in [-0.2, 0) is 37.4 Å². The number of carbonyl (C=O) groups is 2. The smallest absolute Gasteiger partial charge is 0.462 e. The zero-order valence-corrected chi connectivity index (χ0v) is 37.6. The maximum absolute atomic E-state index is 12.6. The van der Waals surface area contributed by atoms with Crippen molar-refractivity contribution in [2.45, 2.75) is 212 Å². The molecule has 0 spiro atoms. The molecule has 1 aliphatic rings. The number of hydrogen-bond donors (Lipinski definition) is 2. The molecule has 0 aromatic heterocycles. The van der Waals surface area contributed by atoms with Gasteiger partial charge in [-0.05, 0) is 77.0 Å². The van der Waals surface area contributed by atoms with Crippen molar-refractivity contribution in [3.8, 4) is 0 Å². The number of rotatable bonds is 42. The molecule has 10 nitrogen and oxygen atoms in total. The number of esters is 2. The Kier molecular flexibility index (Phi) is 36.4. The Morgan fingerprint density at radius 3 is 1.69 bits per heavy atom. The average molecular weight is 838 g/mol. The lowest BCUT2D eigenvalue weighted by atomic mass is 10.1. The van der Waals surface area contributed by atoms with E-state index in [0.29, 0.717) is 12.8 Å². The number of phosphoric ester groups is 1. The summed E-state index contributed by atoms with van der Waals surface area (Å²) in [6, 6.07) is 0. The minimum atomic E-state index is -4.40. The summed E-state index contributed by atoms with van der Waals surface area (Å²) in [7, 11) is -4.40. The van der Waals surface area contributed by atoms with Crippen LogP contribution in [0.2, 0.25) is 0 Å². The SMILES string of the molecule is CCCCC/C=C\C/C=C\CC1OC1C/C=C\CCCC(=O)O[C@H](COC(=O)CCCCCCCCCCC/C=C\CCCCCCCC)COP(=O)(O)OCCN. The minimum Gasteiger partial charge on any atom is -0.462 e. The molecule has 1 saturated heterocycles. The van der Waals surface area contributed by atoms with Gasteiger partial charge in [-0.3, -0.25) is 18.6 Å². The van der Waals surface area contributed by atoms with Gasteiger partial charge in [0.15, 0.2) is 6.10 Å². The minimum absolute atomic E-state index is 0.0405. The first-order chi connectivity index (χ1) is 28.3. The van der Waals surface area contributed by atoms with E-state index in [-0.39, 0.29) is 44.8 Å². The van der Waals surface area contributed by atoms with Gasteiger partial charge in [-0.2, -0.15) is 0 Å². The topological polar surface area (TPSA) is 147 Å². The average Bonchev–Trinajstić information content (AvgIpc) is 3.97. The molecule has 0 aromatic rings. The summed E-state index contributed by atoms with van der Waals surface area (Å²) in [5, 5.41) is 0. The zero-order valence-electron chi connectivity index (χ0n) is 36.7. The van der Waals surface area contributed by atoms with Crippen LogP contribution in [0, 0.1) is 0 Å². The van der Waals surface area contributed by atoms with E-state index in [1.165, 1.54) is 103 Å². The quantitative estimate of drug-likeness (QED) is 0.0200. The predicted molar refractivity (Wildman–Crippen MR) is 237 cm³/mol. The molecule has 0 aromatic carbocycles. The first-order valence-corrected chi connectivity index (χ1v) is 24.7. The second kappa shape index (κ2) is 39.1. The number of hydrogen-bond acceptors (Lipinski definition) is 9. The number of unbranched alkanes of at least 4 members (excludes halogenated alkanes) is 19. The summed E-state index contributed by atoms with van der Waals surface area (Å²) in [4.78, 5) is 35.0. The molecule has 1 heterocycles. The van der Waals surface area contributed by atoms with Gasteiger partial charge in [-0.1, -0.05) is 152 Å². The normalized spacial score (nSPS) is 17.2. The largest absolute Gasteiger partial charge is 0.472 e. The molecule has 58 heavy (non-hydrogen) atoms. The van der Waals surface area contributed by atoms with Crippen LogP contribution in [-0.4, -0.2) is 61.5 Å². The molecule has 1 aliphatic heterocycles. The third-order valence-electron chi connectivity index (χ3n) is 10.1. The molecule has 1 fully saturated rings. The van der Waals surface area contributed by atoms with Crippen molar-refractivity contribution in [2.75, 3.05) is 26.4 Å². The fraction of sp³-hybridized carbons (Fsp3) is 0.787. The first-order valence-electron chi connectivity index (χ1n) is 23.2. The highest BCUT2D eigenvalue weighted by atomic mass is 31.2. The van der Waals surface area contributed by atoms with Crippen molar-refractivity contribution in [3.63, 3.8) is 0 Å². The van der Waals surface area contributed by atoms with Gasteiger partial charge < -0.3 is 24.8 Å². The maximum atomic E-state index is 12.6. The van der Waals surface area contributed by atoms with E-state index >= 15 is 0 Å². The fourth-order valence-electron chi connectivity index (χ4n) is 6.49. The summed E-state index contributed by atoms with van der Waals surface area (Å²) in [6.07, 6.45) is 47.4. The number of nitrogens with two attached hydrogens (primary N) is 1. The summed E-state index contributed by atoms with van der Waals surface area (Å²) < 4.78 is 38.6. The molecule has 3 N–H and O–H groups in total. The maximum Gasteiger partial charge on any atom is 0.472 e. The molecule has 0 radical (unpaired) electrons. The summed E-state index contributed by atoms with van der Waals surface area (Å²) in [5.74, 6) is -0.903. The summed E-state index contributed by atoms with van der Waals surface area (Å²) >= 11 is 0. The van der Waals surface area contributed by atoms with Gasteiger partial charge >= 0.3 is 19.8 Å². The van der Waals surface area contributed by atoms with Crippen LogP contribution < -0.4 is 5.73 Å². The number of epoxide rings is 1. The second-order valence-electron chi connectivity index (χ2n) is 15.7. The van der Waals surface area contributed by atoms with Crippen molar-refractivity contribution in [2.24, 2.45) is 5.73 Å². The van der Waals surface area contributed by atoms with E-state index in [9.17, 15) is 19.0 Å². The Bertz CT molecular complexity index is 1160. The molecule has 0 saturated carbocycles. The highest BCUT2D eigenvalue weighted by Gasteiger charge is 2.36. The molecule has 0 bridgehead atoms. The van der Waals surface area contributed by atoms with Crippen molar-refractivity contribution in [1.82, 2.24) is 0 Å². The summed E-state index contributed by atoms with van der Waals surface area (Å²) in [6.45, 7) is 3.62. The van der Waals surface area contributed by atoms with Gasteiger partial charge in [0.1, 0.15) is 6.61 Å². The predicted octanol–water partition coefficient (Wildman–Crippen LogP) is 12.5. The van der Waals surface area contributed by atoms with E-state index < -0.39 is 32.5 Å². The van der Waals surface area contributed by atoms with Crippen molar-refractivity contribution < 1.29 is 42.3 Å².